The van der Waals surface area contributed by atoms with E-state index in [9.17, 15) is 5.11 Å². The summed E-state index contributed by atoms with van der Waals surface area (Å²) < 4.78 is 0. The van der Waals surface area contributed by atoms with Crippen LogP contribution in [0.25, 0.3) is 0 Å². The molecule has 0 saturated heterocycles. The second-order valence-electron chi connectivity index (χ2n) is 4.87. The molecule has 1 rings (SSSR count). The highest BCUT2D eigenvalue weighted by atomic mass is 16.3. The topological polar surface area (TPSA) is 70.1 Å². The van der Waals surface area contributed by atoms with Gasteiger partial charge < -0.3 is 15.7 Å². The molecule has 0 atom stereocenters. The molecule has 0 aliphatic heterocycles. The number of rotatable bonds is 8. The predicted octanol–water partition coefficient (Wildman–Crippen LogP) is 2.29. The van der Waals surface area contributed by atoms with Crippen molar-refractivity contribution >= 4 is 11.6 Å². The summed E-state index contributed by atoms with van der Waals surface area (Å²) in [5.41, 5.74) is 1.01. The molecule has 19 heavy (non-hydrogen) atoms. The first-order valence-electron chi connectivity index (χ1n) is 7.02. The van der Waals surface area contributed by atoms with Crippen molar-refractivity contribution in [1.82, 2.24) is 9.97 Å². The Labute approximate surface area is 115 Å². The smallest absolute Gasteiger partial charge is 0.134 e. The first kappa shape index (κ1) is 15.7. The van der Waals surface area contributed by atoms with E-state index in [0.717, 1.165) is 43.0 Å². The van der Waals surface area contributed by atoms with Crippen LogP contribution in [-0.4, -0.2) is 35.3 Å². The summed E-state index contributed by atoms with van der Waals surface area (Å²) in [7, 11) is 1.86. The Morgan fingerprint density at radius 1 is 1.16 bits per heavy atom. The van der Waals surface area contributed by atoms with Gasteiger partial charge in [-0.3, -0.25) is 0 Å². The first-order valence-corrected chi connectivity index (χ1v) is 7.02. The maximum atomic E-state index is 9.60. The minimum absolute atomic E-state index is 0.0736. The minimum Gasteiger partial charge on any atom is -0.396 e. The van der Waals surface area contributed by atoms with Gasteiger partial charge in [-0.15, -0.1) is 0 Å². The monoisotopic (exact) mass is 266 g/mol. The third-order valence-electron chi connectivity index (χ3n) is 4.00. The van der Waals surface area contributed by atoms with Crippen LogP contribution in [0, 0.1) is 5.41 Å². The van der Waals surface area contributed by atoms with Crippen LogP contribution in [0.2, 0.25) is 0 Å². The lowest BCUT2D eigenvalue weighted by molar-refractivity contribution is 0.127. The summed E-state index contributed by atoms with van der Waals surface area (Å²) in [5, 5.41) is 16.1. The normalized spacial score (nSPS) is 11.4. The summed E-state index contributed by atoms with van der Waals surface area (Å²) >= 11 is 0. The van der Waals surface area contributed by atoms with E-state index >= 15 is 0 Å². The van der Waals surface area contributed by atoms with Crippen molar-refractivity contribution in [3.63, 3.8) is 0 Å². The summed E-state index contributed by atoms with van der Waals surface area (Å²) in [4.78, 5) is 8.54. The molecule has 5 nitrogen and oxygen atoms in total. The number of hydrogen-bond acceptors (Lipinski definition) is 5. The highest BCUT2D eigenvalue weighted by Crippen LogP contribution is 2.27. The lowest BCUT2D eigenvalue weighted by atomic mass is 9.83. The van der Waals surface area contributed by atoms with Crippen LogP contribution >= 0.6 is 0 Å². The molecular weight excluding hydrogens is 240 g/mol. The Bertz CT molecular complexity index is 383. The summed E-state index contributed by atoms with van der Waals surface area (Å²) in [6.45, 7) is 7.23. The van der Waals surface area contributed by atoms with Gasteiger partial charge in [-0.2, -0.15) is 0 Å². The third kappa shape index (κ3) is 3.56. The fourth-order valence-electron chi connectivity index (χ4n) is 2.17. The van der Waals surface area contributed by atoms with Gasteiger partial charge in [-0.25, -0.2) is 9.97 Å². The van der Waals surface area contributed by atoms with Crippen molar-refractivity contribution in [3.05, 3.63) is 11.9 Å². The Morgan fingerprint density at radius 3 is 2.26 bits per heavy atom. The van der Waals surface area contributed by atoms with Crippen LogP contribution in [0.1, 0.15) is 39.2 Å². The number of aromatic nitrogens is 2. The third-order valence-corrected chi connectivity index (χ3v) is 4.00. The largest absolute Gasteiger partial charge is 0.396 e. The van der Waals surface area contributed by atoms with Crippen LogP contribution in [0.5, 0.6) is 0 Å². The number of hydrogen-bond donors (Lipinski definition) is 3. The van der Waals surface area contributed by atoms with Crippen molar-refractivity contribution in [2.45, 2.75) is 40.0 Å². The number of aliphatic hydroxyl groups excluding tert-OH is 1. The molecule has 3 N–H and O–H groups in total. The molecule has 0 aliphatic carbocycles. The summed E-state index contributed by atoms with van der Waals surface area (Å²) in [6, 6.07) is 0. The fourth-order valence-corrected chi connectivity index (χ4v) is 2.17. The molecule has 0 amide bonds. The molecule has 0 unspecified atom stereocenters. The van der Waals surface area contributed by atoms with E-state index < -0.39 is 0 Å². The Balaban J connectivity index is 2.88. The van der Waals surface area contributed by atoms with Gasteiger partial charge >= 0.3 is 0 Å². The van der Waals surface area contributed by atoms with Crippen LogP contribution in [-0.2, 0) is 6.42 Å². The van der Waals surface area contributed by atoms with Crippen molar-refractivity contribution in [2.24, 2.45) is 5.41 Å². The molecule has 0 bridgehead atoms. The first-order chi connectivity index (χ1) is 9.16. The van der Waals surface area contributed by atoms with Gasteiger partial charge in [0.05, 0.1) is 6.61 Å². The van der Waals surface area contributed by atoms with Crippen molar-refractivity contribution in [1.29, 1.82) is 0 Å². The summed E-state index contributed by atoms with van der Waals surface area (Å²) in [6.07, 6.45) is 4.31. The molecule has 0 spiro atoms. The lowest BCUT2D eigenvalue weighted by Gasteiger charge is -2.30. The van der Waals surface area contributed by atoms with Crippen molar-refractivity contribution < 1.29 is 5.11 Å². The Kier molecular flexibility index (Phi) is 6.02. The van der Waals surface area contributed by atoms with Crippen LogP contribution in [0.4, 0.5) is 11.6 Å². The molecule has 1 heterocycles. The highest BCUT2D eigenvalue weighted by molar-refractivity contribution is 5.57. The number of anilines is 2. The highest BCUT2D eigenvalue weighted by Gasteiger charge is 2.25. The predicted molar refractivity (Wildman–Crippen MR) is 79.5 cm³/mol. The number of aliphatic hydroxyl groups is 1. The molecule has 1 aromatic heterocycles. The zero-order valence-corrected chi connectivity index (χ0v) is 12.5. The molecule has 108 valence electrons. The number of nitrogens with one attached hydrogen (secondary N) is 2. The van der Waals surface area contributed by atoms with E-state index in [4.69, 9.17) is 0 Å². The fraction of sp³-hybridized carbons (Fsp3) is 0.714. The quantitative estimate of drug-likeness (QED) is 0.673. The maximum absolute atomic E-state index is 9.60. The zero-order chi connectivity index (χ0) is 14.3. The van der Waals surface area contributed by atoms with E-state index in [0.29, 0.717) is 0 Å². The standard InChI is InChI=1S/C14H26N4O/c1-5-11-12(15-4)17-10-18-13(11)16-8-14(6-2,7-3)9-19/h10,19H,5-9H2,1-4H3,(H2,15,16,17,18). The van der Waals surface area contributed by atoms with Gasteiger partial charge in [0.1, 0.15) is 18.0 Å². The molecule has 0 aromatic carbocycles. The van der Waals surface area contributed by atoms with E-state index in [-0.39, 0.29) is 12.0 Å². The van der Waals surface area contributed by atoms with Crippen molar-refractivity contribution in [2.75, 3.05) is 30.8 Å². The van der Waals surface area contributed by atoms with Crippen LogP contribution < -0.4 is 10.6 Å². The minimum atomic E-state index is -0.0736. The molecular formula is C14H26N4O. The maximum Gasteiger partial charge on any atom is 0.134 e. The van der Waals surface area contributed by atoms with Gasteiger partial charge in [0.25, 0.3) is 0 Å². The molecule has 5 heteroatoms. The van der Waals surface area contributed by atoms with Gasteiger partial charge in [0, 0.05) is 24.6 Å². The van der Waals surface area contributed by atoms with Gasteiger partial charge in [0.2, 0.25) is 0 Å². The van der Waals surface area contributed by atoms with Crippen LogP contribution in [0.3, 0.4) is 0 Å². The van der Waals surface area contributed by atoms with E-state index in [1.807, 2.05) is 7.05 Å². The van der Waals surface area contributed by atoms with Crippen LogP contribution in [0.15, 0.2) is 6.33 Å². The average Bonchev–Trinajstić information content (AvgIpc) is 2.48. The lowest BCUT2D eigenvalue weighted by Crippen LogP contribution is -2.32. The zero-order valence-electron chi connectivity index (χ0n) is 12.5. The van der Waals surface area contributed by atoms with E-state index in [2.05, 4.69) is 41.4 Å². The van der Waals surface area contributed by atoms with E-state index in [1.165, 1.54) is 0 Å². The molecule has 0 aliphatic rings. The number of nitrogens with zero attached hydrogens (tertiary/aromatic N) is 2. The second-order valence-corrected chi connectivity index (χ2v) is 4.87. The van der Waals surface area contributed by atoms with Gasteiger partial charge in [0.15, 0.2) is 0 Å². The molecule has 0 fully saturated rings. The van der Waals surface area contributed by atoms with Crippen molar-refractivity contribution in [3.8, 4) is 0 Å². The van der Waals surface area contributed by atoms with Gasteiger partial charge in [-0.1, -0.05) is 20.8 Å². The summed E-state index contributed by atoms with van der Waals surface area (Å²) in [5.74, 6) is 1.73. The molecule has 1 aromatic rings. The Hall–Kier alpha value is -1.36. The SMILES string of the molecule is CCc1c(NC)ncnc1NCC(CC)(CC)CO. The average molecular weight is 266 g/mol. The molecule has 0 saturated carbocycles. The molecule has 0 radical (unpaired) electrons. The Morgan fingerprint density at radius 2 is 1.79 bits per heavy atom. The van der Waals surface area contributed by atoms with Gasteiger partial charge in [-0.05, 0) is 19.3 Å². The van der Waals surface area contributed by atoms with E-state index in [1.54, 1.807) is 6.33 Å². The second kappa shape index (κ2) is 7.28.